The van der Waals surface area contributed by atoms with Crippen molar-refractivity contribution in [1.29, 1.82) is 0 Å². The molecule has 3 aromatic carbocycles. The first-order chi connectivity index (χ1) is 16.4. The Kier molecular flexibility index (Phi) is 2.44. The number of hydrogen-bond donors (Lipinski definition) is 0. The van der Waals surface area contributed by atoms with Gasteiger partial charge in [-0.1, -0.05) is 56.2 Å². The molecule has 2 aromatic heterocycles. The second-order valence-electron chi connectivity index (χ2n) is 7.13. The number of hydrogen-bond acceptors (Lipinski definition) is 1. The molecule has 0 fully saturated rings. The summed E-state index contributed by atoms with van der Waals surface area (Å²) in [4.78, 5) is 0. The Bertz CT molecular complexity index is 1600. The third-order valence-electron chi connectivity index (χ3n) is 5.49. The number of fused-ring (bicyclic) bond motifs is 5. The van der Waals surface area contributed by atoms with Crippen molar-refractivity contribution >= 4 is 32.7 Å². The minimum Gasteiger partial charge on any atom is -0.455 e. The molecule has 0 saturated heterocycles. The van der Waals surface area contributed by atoms with Crippen LogP contribution in [-0.4, -0.2) is 0 Å². The molecule has 0 aliphatic rings. The first kappa shape index (κ1) is 11.0. The molecule has 0 aliphatic heterocycles. The maximum absolute atomic E-state index is 8.67. The summed E-state index contributed by atoms with van der Waals surface area (Å²) >= 11 is 0. The van der Waals surface area contributed by atoms with E-state index in [0.29, 0.717) is 11.3 Å². The fourth-order valence-electron chi connectivity index (χ4n) is 4.10. The van der Waals surface area contributed by atoms with Crippen molar-refractivity contribution in [2.45, 2.75) is 26.5 Å². The predicted molar refractivity (Wildman–Crippen MR) is 117 cm³/mol. The first-order valence-corrected chi connectivity index (χ1v) is 9.19. The Labute approximate surface area is 174 Å². The van der Waals surface area contributed by atoms with Gasteiger partial charge in [-0.05, 0) is 40.8 Å². The third kappa shape index (κ3) is 2.37. The van der Waals surface area contributed by atoms with Gasteiger partial charge in [-0.25, -0.2) is 4.57 Å². The summed E-state index contributed by atoms with van der Waals surface area (Å²) in [5.74, 6) is -2.79. The van der Waals surface area contributed by atoms with E-state index in [4.69, 9.17) is 14.0 Å². The van der Waals surface area contributed by atoms with Crippen LogP contribution in [0.1, 0.15) is 40.3 Å². The molecular weight excluding hydrogens is 342 g/mol. The molecule has 0 radical (unpaired) electrons. The van der Waals surface area contributed by atoms with Crippen LogP contribution in [0.15, 0.2) is 71.3 Å². The van der Waals surface area contributed by atoms with E-state index >= 15 is 0 Å². The largest absolute Gasteiger partial charge is 0.455 e. The molecule has 5 aromatic rings. The van der Waals surface area contributed by atoms with Gasteiger partial charge in [-0.15, -0.1) is 0 Å². The third-order valence-corrected chi connectivity index (χ3v) is 5.49. The number of furan rings is 1. The van der Waals surface area contributed by atoms with Crippen molar-refractivity contribution < 1.29 is 18.6 Å². The average Bonchev–Trinajstić information content (AvgIpc) is 3.17. The molecule has 138 valence electrons. The number of aromatic nitrogens is 1. The summed E-state index contributed by atoms with van der Waals surface area (Å²) in [5, 5.41) is 3.94. The minimum atomic E-state index is -3.07. The number of nitrogens with zero attached hydrogens (tertiary/aromatic N) is 1. The highest BCUT2D eigenvalue weighted by molar-refractivity contribution is 6.23. The van der Waals surface area contributed by atoms with Crippen LogP contribution in [-0.2, 0) is 7.05 Å². The fourth-order valence-corrected chi connectivity index (χ4v) is 4.10. The fraction of sp³-hybridized carbons (Fsp3) is 0.192. The van der Waals surface area contributed by atoms with Crippen LogP contribution >= 0.6 is 0 Å². The van der Waals surface area contributed by atoms with Gasteiger partial charge in [-0.2, -0.15) is 0 Å². The average molecular weight is 374 g/mol. The minimum absolute atomic E-state index is 0.0950. The van der Waals surface area contributed by atoms with E-state index in [1.165, 1.54) is 12.1 Å². The van der Waals surface area contributed by atoms with Gasteiger partial charge in [0.05, 0.1) is 5.56 Å². The van der Waals surface area contributed by atoms with Gasteiger partial charge in [0, 0.05) is 32.5 Å². The van der Waals surface area contributed by atoms with E-state index in [2.05, 4.69) is 0 Å². The summed E-state index contributed by atoms with van der Waals surface area (Å²) in [7, 11) is 1.80. The summed E-state index contributed by atoms with van der Waals surface area (Å²) in [6, 6.07) is 18.7. The molecule has 0 bridgehead atoms. The molecule has 5 rings (SSSR count). The second kappa shape index (κ2) is 6.20. The van der Waals surface area contributed by atoms with Crippen LogP contribution in [0.4, 0.5) is 0 Å². The normalized spacial score (nSPS) is 16.9. The first-order valence-electron chi connectivity index (χ1n) is 12.7. The molecule has 0 aliphatic carbocycles. The van der Waals surface area contributed by atoms with Crippen molar-refractivity contribution in [1.82, 2.24) is 0 Å². The van der Waals surface area contributed by atoms with Crippen molar-refractivity contribution in [2.24, 2.45) is 7.05 Å². The quantitative estimate of drug-likeness (QED) is 0.316. The molecule has 28 heavy (non-hydrogen) atoms. The van der Waals surface area contributed by atoms with E-state index in [0.717, 1.165) is 38.3 Å². The smallest absolute Gasteiger partial charge is 0.216 e. The monoisotopic (exact) mass is 373 g/mol. The Morgan fingerprint density at radius 1 is 0.964 bits per heavy atom. The number of aryl methyl sites for hydroxylation is 2. The molecule has 2 nitrogen and oxygen atoms in total. The standard InChI is InChI=1S/C26H24NO/c1-16(2)18-13-14-27(4)22(15-18)24-17(3)19-9-5-6-10-20(19)25-21-11-7-8-12-23(21)28-26(24)25/h5-16H,1-4H3/q+1/i1D3,2D3,16D. The summed E-state index contributed by atoms with van der Waals surface area (Å²) < 4.78 is 64.4. The van der Waals surface area contributed by atoms with E-state index in [1.807, 2.05) is 55.5 Å². The van der Waals surface area contributed by atoms with Crippen LogP contribution in [0.2, 0.25) is 0 Å². The lowest BCUT2D eigenvalue weighted by Gasteiger charge is -2.12. The zero-order valence-electron chi connectivity index (χ0n) is 22.7. The van der Waals surface area contributed by atoms with E-state index < -0.39 is 19.6 Å². The zero-order chi connectivity index (χ0) is 25.3. The second-order valence-corrected chi connectivity index (χ2v) is 7.13. The molecule has 2 heteroatoms. The Morgan fingerprint density at radius 3 is 2.46 bits per heavy atom. The van der Waals surface area contributed by atoms with Gasteiger partial charge in [0.25, 0.3) is 0 Å². The molecule has 0 spiro atoms. The number of pyridine rings is 1. The topological polar surface area (TPSA) is 17.0 Å². The van der Waals surface area contributed by atoms with Gasteiger partial charge in [-0.3, -0.25) is 0 Å². The van der Waals surface area contributed by atoms with Gasteiger partial charge < -0.3 is 4.42 Å². The molecule has 0 unspecified atom stereocenters. The van der Waals surface area contributed by atoms with Crippen molar-refractivity contribution in [2.75, 3.05) is 0 Å². The molecule has 0 saturated carbocycles. The van der Waals surface area contributed by atoms with Crippen LogP contribution < -0.4 is 4.57 Å². The van der Waals surface area contributed by atoms with Gasteiger partial charge in [0.2, 0.25) is 5.69 Å². The molecular formula is C26H24NO+. The van der Waals surface area contributed by atoms with Gasteiger partial charge in [0.15, 0.2) is 6.20 Å². The predicted octanol–water partition coefficient (Wildman–Crippen LogP) is 6.66. The van der Waals surface area contributed by atoms with Crippen LogP contribution in [0.5, 0.6) is 0 Å². The van der Waals surface area contributed by atoms with Crippen molar-refractivity contribution in [3.8, 4) is 11.3 Å². The highest BCUT2D eigenvalue weighted by atomic mass is 16.3. The number of rotatable bonds is 2. The SMILES string of the molecule is [2H]C([2H])([2H])C([2H])(c1cc[n+](C)c(-c2c(C)c3ccccc3c3c2oc2ccccc23)c1)C([2H])([2H])[2H]. The number of benzene rings is 3. The summed E-state index contributed by atoms with van der Waals surface area (Å²) in [6.45, 7) is -4.16. The maximum Gasteiger partial charge on any atom is 0.216 e. The van der Waals surface area contributed by atoms with Crippen LogP contribution in [0.25, 0.3) is 44.0 Å². The summed E-state index contributed by atoms with van der Waals surface area (Å²) in [5.41, 5.74) is 3.48. The lowest BCUT2D eigenvalue weighted by atomic mass is 9.92. The van der Waals surface area contributed by atoms with Gasteiger partial charge >= 0.3 is 0 Å². The maximum atomic E-state index is 8.67. The molecule has 0 amide bonds. The Morgan fingerprint density at radius 2 is 1.68 bits per heavy atom. The van der Waals surface area contributed by atoms with E-state index in [-0.39, 0.29) is 5.56 Å². The van der Waals surface area contributed by atoms with E-state index in [9.17, 15) is 0 Å². The molecule has 0 atom stereocenters. The lowest BCUT2D eigenvalue weighted by molar-refractivity contribution is -0.660. The molecule has 0 N–H and O–H groups in total. The van der Waals surface area contributed by atoms with Crippen molar-refractivity contribution in [3.63, 3.8) is 0 Å². The van der Waals surface area contributed by atoms with Crippen LogP contribution in [0, 0.1) is 6.92 Å². The van der Waals surface area contributed by atoms with Crippen LogP contribution in [0.3, 0.4) is 0 Å². The van der Waals surface area contributed by atoms with Gasteiger partial charge in [0.1, 0.15) is 18.2 Å². The zero-order valence-corrected chi connectivity index (χ0v) is 15.7. The molecule has 2 heterocycles. The highest BCUT2D eigenvalue weighted by Gasteiger charge is 2.24. The Hall–Kier alpha value is -3.13. The summed E-state index contributed by atoms with van der Waals surface area (Å²) in [6.07, 6.45) is 1.61. The lowest BCUT2D eigenvalue weighted by Crippen LogP contribution is -2.31. The van der Waals surface area contributed by atoms with Crippen molar-refractivity contribution in [3.05, 3.63) is 78.0 Å². The number of para-hydroxylation sites is 1. The highest BCUT2D eigenvalue weighted by Crippen LogP contribution is 2.42. The van der Waals surface area contributed by atoms with E-state index in [1.54, 1.807) is 17.8 Å². The Balaban J connectivity index is 1.93.